The monoisotopic (exact) mass is 107 g/mol. The fourth-order valence-corrected chi connectivity index (χ4v) is 0.0772. The van der Waals surface area contributed by atoms with E-state index in [1.54, 1.807) is 6.92 Å². The van der Waals surface area contributed by atoms with E-state index < -0.39 is 0 Å². The van der Waals surface area contributed by atoms with E-state index in [1.165, 1.54) is 0 Å². The molecule has 3 heteroatoms. The van der Waals surface area contributed by atoms with Crippen LogP contribution in [0.3, 0.4) is 0 Å². The van der Waals surface area contributed by atoms with Crippen molar-refractivity contribution in [3.8, 4) is 0 Å². The molecule has 0 bridgehead atoms. The third-order valence-electron chi connectivity index (χ3n) is 0.376. The first-order valence-corrected chi connectivity index (χ1v) is 2.00. The normalized spacial score (nSPS) is 13.7. The zero-order chi connectivity index (χ0) is 4.99. The Bertz CT molecular complexity index is 48.1. The third-order valence-corrected chi connectivity index (χ3v) is 0.720. The second-order valence-corrected chi connectivity index (χ2v) is 1.25. The number of hydrogen-bond acceptors (Lipinski definition) is 2. The summed E-state index contributed by atoms with van der Waals surface area (Å²) in [6.07, 6.45) is 0.729. The number of rotatable bonds is 2. The molecule has 0 aliphatic carbocycles. The van der Waals surface area contributed by atoms with Crippen LogP contribution < -0.4 is 4.84 Å². The van der Waals surface area contributed by atoms with Gasteiger partial charge in [0.1, 0.15) is 6.29 Å². The zero-order valence-corrected chi connectivity index (χ0v) is 4.20. The Morgan fingerprint density at radius 2 is 2.50 bits per heavy atom. The highest BCUT2D eigenvalue weighted by molar-refractivity contribution is 6.14. The first-order valence-electron chi connectivity index (χ1n) is 1.62. The molecule has 0 aliphatic heterocycles. The van der Waals surface area contributed by atoms with Crippen LogP contribution in [0.1, 0.15) is 6.92 Å². The van der Waals surface area contributed by atoms with Gasteiger partial charge in [-0.2, -0.15) is 0 Å². The number of halogens is 1. The summed E-state index contributed by atoms with van der Waals surface area (Å²) in [6, 6.07) is -0.230. The summed E-state index contributed by atoms with van der Waals surface area (Å²) in [4.78, 5) is 11.8. The fraction of sp³-hybridized carbons (Fsp3) is 0.667. The summed E-state index contributed by atoms with van der Waals surface area (Å²) in [5.74, 6) is 0. The first kappa shape index (κ1) is 5.92. The van der Waals surface area contributed by atoms with Gasteiger partial charge in [0.15, 0.2) is 0 Å². The van der Waals surface area contributed by atoms with Gasteiger partial charge in [0.05, 0.1) is 6.04 Å². The van der Waals surface area contributed by atoms with Crippen molar-refractivity contribution in [2.24, 2.45) is 0 Å². The van der Waals surface area contributed by atoms with Crippen molar-refractivity contribution in [1.29, 1.82) is 0 Å². The van der Waals surface area contributed by atoms with Gasteiger partial charge in [0, 0.05) is 0 Å². The number of aldehydes is 1. The molecule has 0 radical (unpaired) electrons. The SMILES string of the molecule is CC(C=O)NCl. The van der Waals surface area contributed by atoms with E-state index in [4.69, 9.17) is 11.8 Å². The molecular formula is C3H6ClNO. The molecule has 0 amide bonds. The Hall–Kier alpha value is -0.0800. The Morgan fingerprint density at radius 3 is 2.50 bits per heavy atom. The molecule has 0 aromatic heterocycles. The number of carbonyl (C=O) groups excluding carboxylic acids is 1. The molecule has 2 nitrogen and oxygen atoms in total. The molecule has 0 aromatic rings. The van der Waals surface area contributed by atoms with Crippen molar-refractivity contribution in [2.45, 2.75) is 13.0 Å². The van der Waals surface area contributed by atoms with Crippen LogP contribution in [-0.2, 0) is 4.79 Å². The minimum atomic E-state index is -0.230. The average Bonchev–Trinajstić information content (AvgIpc) is 1.65. The highest BCUT2D eigenvalue weighted by atomic mass is 35.5. The molecule has 0 saturated carbocycles. The van der Waals surface area contributed by atoms with Crippen molar-refractivity contribution in [3.63, 3.8) is 0 Å². The Morgan fingerprint density at radius 1 is 2.00 bits per heavy atom. The fourth-order valence-electron chi connectivity index (χ4n) is 0.0257. The van der Waals surface area contributed by atoms with Crippen LogP contribution in [0.5, 0.6) is 0 Å². The number of nitrogens with one attached hydrogen (secondary N) is 1. The van der Waals surface area contributed by atoms with Gasteiger partial charge in [0.25, 0.3) is 0 Å². The molecule has 0 saturated heterocycles. The first-order chi connectivity index (χ1) is 2.81. The van der Waals surface area contributed by atoms with Crippen LogP contribution >= 0.6 is 11.8 Å². The van der Waals surface area contributed by atoms with E-state index in [2.05, 4.69) is 4.84 Å². The molecule has 0 aliphatic rings. The quantitative estimate of drug-likeness (QED) is 0.407. The molecule has 36 valence electrons. The minimum Gasteiger partial charge on any atom is -0.302 e. The van der Waals surface area contributed by atoms with Gasteiger partial charge in [-0.15, -0.1) is 0 Å². The van der Waals surface area contributed by atoms with Gasteiger partial charge >= 0.3 is 0 Å². The third kappa shape index (κ3) is 2.18. The van der Waals surface area contributed by atoms with E-state index in [1.807, 2.05) is 0 Å². The van der Waals surface area contributed by atoms with Crippen molar-refractivity contribution >= 4 is 18.1 Å². The van der Waals surface area contributed by atoms with Gasteiger partial charge in [-0.05, 0) is 18.7 Å². The molecule has 1 unspecified atom stereocenters. The van der Waals surface area contributed by atoms with E-state index in [-0.39, 0.29) is 6.04 Å². The lowest BCUT2D eigenvalue weighted by Gasteiger charge is -1.91. The lowest BCUT2D eigenvalue weighted by Crippen LogP contribution is -2.16. The second kappa shape index (κ2) is 3.12. The molecule has 1 atom stereocenters. The van der Waals surface area contributed by atoms with Crippen molar-refractivity contribution in [3.05, 3.63) is 0 Å². The highest BCUT2D eigenvalue weighted by Crippen LogP contribution is 1.71. The van der Waals surface area contributed by atoms with Crippen LogP contribution in [0.2, 0.25) is 0 Å². The molecule has 0 spiro atoms. The van der Waals surface area contributed by atoms with Gasteiger partial charge in [-0.1, -0.05) is 0 Å². The van der Waals surface area contributed by atoms with Gasteiger partial charge in [-0.3, -0.25) is 0 Å². The van der Waals surface area contributed by atoms with Gasteiger partial charge in [-0.25, -0.2) is 4.84 Å². The maximum atomic E-state index is 9.59. The van der Waals surface area contributed by atoms with Crippen molar-refractivity contribution in [2.75, 3.05) is 0 Å². The Kier molecular flexibility index (Phi) is 3.08. The van der Waals surface area contributed by atoms with E-state index in [0.29, 0.717) is 0 Å². The van der Waals surface area contributed by atoms with E-state index in [0.717, 1.165) is 6.29 Å². The lowest BCUT2D eigenvalue weighted by molar-refractivity contribution is -0.108. The molecule has 0 aromatic carbocycles. The van der Waals surface area contributed by atoms with Crippen LogP contribution in [0.4, 0.5) is 0 Å². The average molecular weight is 108 g/mol. The Labute approximate surface area is 41.6 Å². The van der Waals surface area contributed by atoms with Crippen molar-refractivity contribution in [1.82, 2.24) is 4.84 Å². The van der Waals surface area contributed by atoms with E-state index >= 15 is 0 Å². The van der Waals surface area contributed by atoms with Crippen LogP contribution in [-0.4, -0.2) is 12.3 Å². The van der Waals surface area contributed by atoms with Crippen LogP contribution in [0, 0.1) is 0 Å². The topological polar surface area (TPSA) is 29.1 Å². The number of hydrogen-bond donors (Lipinski definition) is 1. The molecular weight excluding hydrogens is 101 g/mol. The summed E-state index contributed by atoms with van der Waals surface area (Å²) >= 11 is 4.97. The van der Waals surface area contributed by atoms with Crippen molar-refractivity contribution < 1.29 is 4.79 Å². The summed E-state index contributed by atoms with van der Waals surface area (Å²) in [5, 5.41) is 0. The summed E-state index contributed by atoms with van der Waals surface area (Å²) in [6.45, 7) is 1.67. The molecule has 0 rings (SSSR count). The van der Waals surface area contributed by atoms with Gasteiger partial charge in [0.2, 0.25) is 0 Å². The largest absolute Gasteiger partial charge is 0.302 e. The maximum absolute atomic E-state index is 9.59. The smallest absolute Gasteiger partial charge is 0.137 e. The van der Waals surface area contributed by atoms with Crippen LogP contribution in [0.15, 0.2) is 0 Å². The Balaban J connectivity index is 2.96. The minimum absolute atomic E-state index is 0.230. The van der Waals surface area contributed by atoms with Crippen LogP contribution in [0.25, 0.3) is 0 Å². The predicted molar refractivity (Wildman–Crippen MR) is 24.5 cm³/mol. The maximum Gasteiger partial charge on any atom is 0.137 e. The van der Waals surface area contributed by atoms with Gasteiger partial charge < -0.3 is 4.79 Å². The zero-order valence-electron chi connectivity index (χ0n) is 3.44. The lowest BCUT2D eigenvalue weighted by atomic mass is 10.4. The summed E-state index contributed by atoms with van der Waals surface area (Å²) < 4.78 is 0. The second-order valence-electron chi connectivity index (χ2n) is 1.03. The number of carbonyl (C=O) groups is 1. The molecule has 1 N–H and O–H groups in total. The summed E-state index contributed by atoms with van der Waals surface area (Å²) in [7, 11) is 0. The summed E-state index contributed by atoms with van der Waals surface area (Å²) in [5.41, 5.74) is 0. The van der Waals surface area contributed by atoms with E-state index in [9.17, 15) is 4.79 Å². The molecule has 0 fully saturated rings. The molecule has 6 heavy (non-hydrogen) atoms. The standard InChI is InChI=1S/C3H6ClNO/c1-3(2-6)5-4/h2-3,5H,1H3. The highest BCUT2D eigenvalue weighted by Gasteiger charge is 1.89. The molecule has 0 heterocycles. The predicted octanol–water partition coefficient (Wildman–Crippen LogP) is 0.317.